The average Bonchev–Trinajstić information content (AvgIpc) is 1.60. The predicted octanol–water partition coefficient (Wildman–Crippen LogP) is 25.4. The van der Waals surface area contributed by atoms with Gasteiger partial charge in [0.05, 0.1) is 44.1 Å². The van der Waals surface area contributed by atoms with E-state index >= 15 is 0 Å². The summed E-state index contributed by atoms with van der Waals surface area (Å²) in [6, 6.07) is 114. The van der Waals surface area contributed by atoms with Crippen LogP contribution in [0.1, 0.15) is 25.0 Å². The largest absolute Gasteiger partial charge is 0.455 e. The van der Waals surface area contributed by atoms with E-state index in [2.05, 4.69) is 337 Å². The minimum absolute atomic E-state index is 0.0474. The quantitative estimate of drug-likeness (QED) is 0.161. The van der Waals surface area contributed by atoms with Gasteiger partial charge in [0.2, 0.25) is 0 Å². The summed E-state index contributed by atoms with van der Waals surface area (Å²) in [6.45, 7) is 4.76. The molecule has 0 saturated heterocycles. The van der Waals surface area contributed by atoms with E-state index in [4.69, 9.17) is 4.42 Å². The number of hydrogen-bond donors (Lipinski definition) is 0. The molecule has 6 heterocycles. The summed E-state index contributed by atoms with van der Waals surface area (Å²) in [5, 5.41) is 22.7. The highest BCUT2D eigenvalue weighted by molar-refractivity contribution is 6.31. The van der Waals surface area contributed by atoms with Crippen molar-refractivity contribution in [3.8, 4) is 50.2 Å². The molecule has 0 fully saturated rings. The number of benzene rings is 16. The van der Waals surface area contributed by atoms with Gasteiger partial charge in [-0.1, -0.05) is 226 Å². The molecule has 0 radical (unpaired) electrons. The Kier molecular flexibility index (Phi) is 10.5. The van der Waals surface area contributed by atoms with Crippen LogP contribution in [-0.4, -0.2) is 13.4 Å². The summed E-state index contributed by atoms with van der Waals surface area (Å²) in [5.41, 5.74) is 26.0. The summed E-state index contributed by atoms with van der Waals surface area (Å²) < 4.78 is 14.0. The molecule has 4 nitrogen and oxygen atoms in total. The smallest absolute Gasteiger partial charge is 0.143 e. The highest BCUT2D eigenvalue weighted by atomic mass is 16.3. The summed E-state index contributed by atoms with van der Waals surface area (Å²) in [5.74, 6) is 0. The molecule has 4 heteroatoms. The Balaban J connectivity index is 0.000000137. The first kappa shape index (κ1) is 52.9. The number of nitrogens with zero attached hydrogens (tertiary/aromatic N) is 3. The molecule has 0 aliphatic heterocycles. The SMILES string of the molecule is CC1(C)c2cc(-c3cc4c5ccccc5n5c6ccccc6c(c3)c45)ccc2-c2c1ccc1ccccc21.c1ccc(-n2c3ccccc3c3ccc(-c4cc5c6ccccc6n6c7ccc(-c8ccc9oc%10c%11ccccc%11c%11ccccc%11c%10c9c8)cc7c(c4)c56)cc32)cc1. The molecule has 1 aliphatic carbocycles. The number of fused-ring (bicyclic) bond motifs is 28. The van der Waals surface area contributed by atoms with Crippen molar-refractivity contribution in [1.82, 2.24) is 13.4 Å². The van der Waals surface area contributed by atoms with Crippen LogP contribution < -0.4 is 0 Å². The Bertz CT molecular complexity index is 7070. The Labute approximate surface area is 556 Å². The van der Waals surface area contributed by atoms with Gasteiger partial charge in [-0.05, 0) is 180 Å². The van der Waals surface area contributed by atoms with Crippen molar-refractivity contribution in [2.75, 3.05) is 0 Å². The van der Waals surface area contributed by atoms with Gasteiger partial charge in [0.1, 0.15) is 11.2 Å². The summed E-state index contributed by atoms with van der Waals surface area (Å²) in [4.78, 5) is 0. The fourth-order valence-corrected chi connectivity index (χ4v) is 17.7. The molecule has 97 heavy (non-hydrogen) atoms. The first-order valence-electron chi connectivity index (χ1n) is 33.8. The molecule has 1 aliphatic rings. The van der Waals surface area contributed by atoms with Gasteiger partial charge < -0.3 is 17.8 Å². The zero-order valence-corrected chi connectivity index (χ0v) is 53.2. The number of para-hydroxylation sites is 5. The van der Waals surface area contributed by atoms with Crippen molar-refractivity contribution in [2.45, 2.75) is 19.3 Å². The van der Waals surface area contributed by atoms with Crippen molar-refractivity contribution >= 4 is 152 Å². The third-order valence-corrected chi connectivity index (χ3v) is 22.1. The minimum atomic E-state index is -0.0474. The molecule has 0 saturated carbocycles. The van der Waals surface area contributed by atoms with E-state index in [1.165, 1.54) is 186 Å². The van der Waals surface area contributed by atoms with Gasteiger partial charge in [-0.15, -0.1) is 0 Å². The van der Waals surface area contributed by atoms with Gasteiger partial charge in [0.15, 0.2) is 0 Å². The van der Waals surface area contributed by atoms with Crippen LogP contribution in [0.4, 0.5) is 0 Å². The highest BCUT2D eigenvalue weighted by Gasteiger charge is 2.37. The Morgan fingerprint density at radius 2 is 0.711 bits per heavy atom. The van der Waals surface area contributed by atoms with Crippen molar-refractivity contribution in [3.05, 3.63) is 321 Å². The molecule has 0 spiro atoms. The van der Waals surface area contributed by atoms with Gasteiger partial charge in [-0.2, -0.15) is 0 Å². The molecule has 23 rings (SSSR count). The van der Waals surface area contributed by atoms with E-state index < -0.39 is 0 Å². The maximum absolute atomic E-state index is 6.68. The van der Waals surface area contributed by atoms with Crippen LogP contribution >= 0.6 is 0 Å². The highest BCUT2D eigenvalue weighted by Crippen LogP contribution is 2.53. The van der Waals surface area contributed by atoms with Crippen LogP contribution in [0.2, 0.25) is 0 Å². The van der Waals surface area contributed by atoms with Gasteiger partial charge >= 0.3 is 0 Å². The molecule has 22 aromatic rings. The van der Waals surface area contributed by atoms with Crippen LogP contribution in [0.15, 0.2) is 314 Å². The summed E-state index contributed by atoms with van der Waals surface area (Å²) >= 11 is 0. The number of rotatable bonds is 4. The molecule has 0 unspecified atom stereocenters. The van der Waals surface area contributed by atoms with Crippen LogP contribution in [0.5, 0.6) is 0 Å². The lowest BCUT2D eigenvalue weighted by molar-refractivity contribution is 0.661. The second-order valence-electron chi connectivity index (χ2n) is 27.4. The molecule has 0 atom stereocenters. The van der Waals surface area contributed by atoms with E-state index in [0.717, 1.165) is 27.6 Å². The molecular weight excluding hydrogens is 1180 g/mol. The first-order chi connectivity index (χ1) is 47.9. The van der Waals surface area contributed by atoms with E-state index in [1.54, 1.807) is 0 Å². The molecule has 0 bridgehead atoms. The molecular formula is C93H57N3O. The van der Waals surface area contributed by atoms with E-state index in [-0.39, 0.29) is 5.41 Å². The predicted molar refractivity (Wildman–Crippen MR) is 410 cm³/mol. The standard InChI is InChI=1S/C56H32N2O.C37H25N/c1-2-12-37(13-3-1)57-49-20-10-8-16-40(49)42-25-22-35(32-52(42)57)36-30-46-41-17-9-11-21-50(41)58-51-26-23-33(28-45(51)47(31-36)55(46)58)34-24-27-53-48(29-34)54-43-18-6-4-14-38(43)39-15-5-7-19-44(39)56(54)59-53;1-37(2)31-18-16-22-9-3-4-10-25(22)35(31)28-17-15-23(21-32(28)37)24-19-29-26-11-5-7-13-33(26)38-34-14-8-6-12-27(34)30(20-24)36(29)38/h1-32H;3-21H,1-2H3. The lowest BCUT2D eigenvalue weighted by atomic mass is 9.81. The fourth-order valence-electron chi connectivity index (χ4n) is 17.7. The molecule has 16 aromatic carbocycles. The van der Waals surface area contributed by atoms with Crippen LogP contribution in [0, 0.1) is 0 Å². The summed E-state index contributed by atoms with van der Waals surface area (Å²) in [6.07, 6.45) is 0. The lowest BCUT2D eigenvalue weighted by Crippen LogP contribution is -2.15. The van der Waals surface area contributed by atoms with Crippen molar-refractivity contribution in [1.29, 1.82) is 0 Å². The fraction of sp³-hybridized carbons (Fsp3) is 0.0323. The molecule has 0 N–H and O–H groups in total. The second kappa shape index (κ2) is 19.3. The monoisotopic (exact) mass is 1230 g/mol. The molecule has 450 valence electrons. The zero-order chi connectivity index (χ0) is 63.5. The lowest BCUT2D eigenvalue weighted by Gasteiger charge is -2.22. The van der Waals surface area contributed by atoms with Gasteiger partial charge in [-0.3, -0.25) is 0 Å². The van der Waals surface area contributed by atoms with E-state index in [9.17, 15) is 0 Å². The number of furan rings is 1. The van der Waals surface area contributed by atoms with E-state index in [1.807, 2.05) is 0 Å². The maximum Gasteiger partial charge on any atom is 0.143 e. The molecule has 6 aromatic heterocycles. The third kappa shape index (κ3) is 7.20. The van der Waals surface area contributed by atoms with Crippen LogP contribution in [0.3, 0.4) is 0 Å². The van der Waals surface area contributed by atoms with Gasteiger partial charge in [0.25, 0.3) is 0 Å². The summed E-state index contributed by atoms with van der Waals surface area (Å²) in [7, 11) is 0. The first-order valence-corrected chi connectivity index (χ1v) is 33.8. The van der Waals surface area contributed by atoms with Gasteiger partial charge in [-0.25, -0.2) is 0 Å². The van der Waals surface area contributed by atoms with Crippen molar-refractivity contribution < 1.29 is 4.42 Å². The average molecular weight is 1230 g/mol. The van der Waals surface area contributed by atoms with E-state index in [0.29, 0.717) is 0 Å². The number of aromatic nitrogens is 3. The van der Waals surface area contributed by atoms with Crippen molar-refractivity contribution in [2.24, 2.45) is 0 Å². The minimum Gasteiger partial charge on any atom is -0.455 e. The Morgan fingerprint density at radius 1 is 0.268 bits per heavy atom. The van der Waals surface area contributed by atoms with Crippen LogP contribution in [-0.2, 0) is 5.41 Å². The normalized spacial score (nSPS) is 13.1. The Morgan fingerprint density at radius 3 is 1.36 bits per heavy atom. The Hall–Kier alpha value is -12.5. The zero-order valence-electron chi connectivity index (χ0n) is 53.2. The van der Waals surface area contributed by atoms with Crippen LogP contribution in [0.25, 0.3) is 202 Å². The molecule has 0 amide bonds. The topological polar surface area (TPSA) is 26.9 Å². The van der Waals surface area contributed by atoms with Gasteiger partial charge in [0, 0.05) is 81.1 Å². The third-order valence-electron chi connectivity index (χ3n) is 22.1. The second-order valence-corrected chi connectivity index (χ2v) is 27.4. The van der Waals surface area contributed by atoms with Crippen molar-refractivity contribution in [3.63, 3.8) is 0 Å². The maximum atomic E-state index is 6.68. The number of hydrogen-bond acceptors (Lipinski definition) is 1.